The lowest BCUT2D eigenvalue weighted by atomic mass is 9.74. The highest BCUT2D eigenvalue weighted by Crippen LogP contribution is 2.47. The van der Waals surface area contributed by atoms with Gasteiger partial charge in [-0.15, -0.1) is 0 Å². The standard InChI is InChI=1S/C20H23N5O/c1-5-15-18-14(7-21-15)10(2)17-11(3)24-12(4)25-20(17)19(18)16-6-13(8-26)22-9-23-16/h6-7,9-10,19,21,26H,5,8H2,1-4H3/t10-,19+/m1/s1. The molecule has 0 fully saturated rings. The van der Waals surface area contributed by atoms with Crippen molar-refractivity contribution in [2.24, 2.45) is 0 Å². The van der Waals surface area contributed by atoms with Crippen LogP contribution >= 0.6 is 0 Å². The molecule has 0 saturated carbocycles. The Morgan fingerprint density at radius 3 is 2.69 bits per heavy atom. The number of aliphatic hydroxyl groups is 1. The van der Waals surface area contributed by atoms with E-state index in [1.807, 2.05) is 13.0 Å². The molecule has 0 bridgehead atoms. The molecular weight excluding hydrogens is 326 g/mol. The second-order valence-corrected chi connectivity index (χ2v) is 6.89. The van der Waals surface area contributed by atoms with Crippen LogP contribution in [0, 0.1) is 13.8 Å². The van der Waals surface area contributed by atoms with Crippen molar-refractivity contribution in [2.45, 2.75) is 52.6 Å². The van der Waals surface area contributed by atoms with Gasteiger partial charge in [0.05, 0.1) is 29.6 Å². The summed E-state index contributed by atoms with van der Waals surface area (Å²) in [5.74, 6) is 0.922. The zero-order valence-electron chi connectivity index (χ0n) is 15.5. The smallest absolute Gasteiger partial charge is 0.125 e. The molecule has 0 unspecified atom stereocenters. The quantitative estimate of drug-likeness (QED) is 0.759. The summed E-state index contributed by atoms with van der Waals surface area (Å²) in [5, 5.41) is 9.52. The van der Waals surface area contributed by atoms with Crippen molar-refractivity contribution >= 4 is 0 Å². The third-order valence-corrected chi connectivity index (χ3v) is 5.33. The van der Waals surface area contributed by atoms with Gasteiger partial charge in [-0.05, 0) is 37.5 Å². The van der Waals surface area contributed by atoms with E-state index in [1.54, 1.807) is 0 Å². The van der Waals surface area contributed by atoms with E-state index in [0.29, 0.717) is 5.69 Å². The van der Waals surface area contributed by atoms with E-state index >= 15 is 0 Å². The van der Waals surface area contributed by atoms with Gasteiger partial charge in [0.15, 0.2) is 0 Å². The Kier molecular flexibility index (Phi) is 4.07. The Hall–Kier alpha value is -2.60. The van der Waals surface area contributed by atoms with Crippen LogP contribution in [0.1, 0.15) is 76.7 Å². The molecular formula is C20H23N5O. The molecule has 26 heavy (non-hydrogen) atoms. The fraction of sp³-hybridized carbons (Fsp3) is 0.400. The van der Waals surface area contributed by atoms with Crippen LogP contribution in [0.4, 0.5) is 0 Å². The third-order valence-electron chi connectivity index (χ3n) is 5.33. The van der Waals surface area contributed by atoms with Crippen LogP contribution in [0.3, 0.4) is 0 Å². The average Bonchev–Trinajstić information content (AvgIpc) is 3.05. The van der Waals surface area contributed by atoms with Crippen molar-refractivity contribution < 1.29 is 5.11 Å². The number of fused-ring (bicyclic) bond motifs is 2. The average molecular weight is 349 g/mol. The molecule has 0 aromatic carbocycles. The summed E-state index contributed by atoms with van der Waals surface area (Å²) >= 11 is 0. The molecule has 1 aliphatic carbocycles. The summed E-state index contributed by atoms with van der Waals surface area (Å²) in [7, 11) is 0. The fourth-order valence-corrected chi connectivity index (χ4v) is 4.23. The SMILES string of the molecule is CCc1[nH]cc2c1[C@H](c1cc(CO)ncn1)c1nc(C)nc(C)c1[C@@H]2C. The largest absolute Gasteiger partial charge is 0.390 e. The molecule has 0 amide bonds. The van der Waals surface area contributed by atoms with Crippen molar-refractivity contribution in [1.29, 1.82) is 0 Å². The number of rotatable bonds is 3. The van der Waals surface area contributed by atoms with Gasteiger partial charge in [0.2, 0.25) is 0 Å². The molecule has 3 aromatic heterocycles. The van der Waals surface area contributed by atoms with Gasteiger partial charge in [-0.25, -0.2) is 19.9 Å². The van der Waals surface area contributed by atoms with E-state index in [-0.39, 0.29) is 18.4 Å². The van der Waals surface area contributed by atoms with Crippen molar-refractivity contribution in [2.75, 3.05) is 0 Å². The lowest BCUT2D eigenvalue weighted by molar-refractivity contribution is 0.276. The molecule has 6 heteroatoms. The van der Waals surface area contributed by atoms with Gasteiger partial charge in [0.1, 0.15) is 12.2 Å². The lowest BCUT2D eigenvalue weighted by Gasteiger charge is -2.31. The Morgan fingerprint density at radius 1 is 1.15 bits per heavy atom. The van der Waals surface area contributed by atoms with Gasteiger partial charge in [-0.1, -0.05) is 13.8 Å². The highest BCUT2D eigenvalue weighted by Gasteiger charge is 2.37. The van der Waals surface area contributed by atoms with Gasteiger partial charge in [-0.3, -0.25) is 0 Å². The Bertz CT molecular complexity index is 978. The normalized spacial score (nSPS) is 18.5. The van der Waals surface area contributed by atoms with Gasteiger partial charge in [0, 0.05) is 29.1 Å². The third kappa shape index (κ3) is 2.44. The van der Waals surface area contributed by atoms with Crippen molar-refractivity contribution in [3.63, 3.8) is 0 Å². The summed E-state index contributed by atoms with van der Waals surface area (Å²) < 4.78 is 0. The molecule has 0 saturated heterocycles. The maximum Gasteiger partial charge on any atom is 0.125 e. The number of hydrogen-bond acceptors (Lipinski definition) is 5. The molecule has 0 aliphatic heterocycles. The summed E-state index contributed by atoms with van der Waals surface area (Å²) in [4.78, 5) is 21.6. The van der Waals surface area contributed by atoms with Gasteiger partial charge in [0.25, 0.3) is 0 Å². The minimum Gasteiger partial charge on any atom is -0.390 e. The number of nitrogens with zero attached hydrogens (tertiary/aromatic N) is 4. The molecule has 3 aromatic rings. The van der Waals surface area contributed by atoms with Gasteiger partial charge in [-0.2, -0.15) is 0 Å². The van der Waals surface area contributed by atoms with E-state index < -0.39 is 0 Å². The first-order chi connectivity index (χ1) is 12.5. The lowest BCUT2D eigenvalue weighted by Crippen LogP contribution is -2.22. The molecule has 0 radical (unpaired) electrons. The predicted octanol–water partition coefficient (Wildman–Crippen LogP) is 2.91. The molecule has 6 nitrogen and oxygen atoms in total. The van der Waals surface area contributed by atoms with Gasteiger partial charge >= 0.3 is 0 Å². The molecule has 2 atom stereocenters. The topological polar surface area (TPSA) is 87.6 Å². The van der Waals surface area contributed by atoms with Crippen LogP contribution in [-0.2, 0) is 13.0 Å². The number of hydrogen-bond donors (Lipinski definition) is 2. The van der Waals surface area contributed by atoms with E-state index in [0.717, 1.165) is 29.3 Å². The number of aliphatic hydroxyl groups excluding tert-OH is 1. The first-order valence-electron chi connectivity index (χ1n) is 9.01. The molecule has 0 spiro atoms. The van der Waals surface area contributed by atoms with Crippen LogP contribution in [0.2, 0.25) is 0 Å². The number of nitrogens with one attached hydrogen (secondary N) is 1. The Balaban J connectivity index is 2.04. The molecule has 2 N–H and O–H groups in total. The summed E-state index contributed by atoms with van der Waals surface area (Å²) in [6, 6.07) is 1.88. The highest BCUT2D eigenvalue weighted by atomic mass is 16.3. The highest BCUT2D eigenvalue weighted by molar-refractivity contribution is 5.56. The van der Waals surface area contributed by atoms with Crippen LogP contribution in [-0.4, -0.2) is 30.0 Å². The maximum absolute atomic E-state index is 9.52. The van der Waals surface area contributed by atoms with E-state index in [4.69, 9.17) is 4.98 Å². The second-order valence-electron chi connectivity index (χ2n) is 6.89. The van der Waals surface area contributed by atoms with Crippen LogP contribution < -0.4 is 0 Å². The predicted molar refractivity (Wildman–Crippen MR) is 98.1 cm³/mol. The molecule has 134 valence electrons. The van der Waals surface area contributed by atoms with E-state index in [2.05, 4.69) is 46.9 Å². The van der Waals surface area contributed by atoms with Crippen molar-refractivity contribution in [3.8, 4) is 0 Å². The zero-order valence-corrected chi connectivity index (χ0v) is 15.5. The van der Waals surface area contributed by atoms with E-state index in [1.165, 1.54) is 28.7 Å². The number of aromatic amines is 1. The Labute approximate surface area is 152 Å². The molecule has 4 rings (SSSR count). The monoisotopic (exact) mass is 349 g/mol. The Morgan fingerprint density at radius 2 is 1.96 bits per heavy atom. The van der Waals surface area contributed by atoms with Gasteiger partial charge < -0.3 is 10.1 Å². The van der Waals surface area contributed by atoms with Crippen LogP contribution in [0.5, 0.6) is 0 Å². The first kappa shape index (κ1) is 16.8. The molecule has 3 heterocycles. The summed E-state index contributed by atoms with van der Waals surface area (Å²) in [6.45, 7) is 8.25. The summed E-state index contributed by atoms with van der Waals surface area (Å²) in [6.07, 6.45) is 4.55. The first-order valence-corrected chi connectivity index (χ1v) is 9.01. The minimum atomic E-state index is -0.103. The fourth-order valence-electron chi connectivity index (χ4n) is 4.23. The maximum atomic E-state index is 9.52. The second kappa shape index (κ2) is 6.29. The van der Waals surface area contributed by atoms with Crippen molar-refractivity contribution in [3.05, 3.63) is 69.6 Å². The van der Waals surface area contributed by atoms with Crippen molar-refractivity contribution in [1.82, 2.24) is 24.9 Å². The molecule has 1 aliphatic rings. The number of aromatic nitrogens is 5. The van der Waals surface area contributed by atoms with Crippen LogP contribution in [0.15, 0.2) is 18.6 Å². The summed E-state index contributed by atoms with van der Waals surface area (Å²) in [5.41, 5.74) is 8.45. The zero-order chi connectivity index (χ0) is 18.4. The van der Waals surface area contributed by atoms with Crippen LogP contribution in [0.25, 0.3) is 0 Å². The van der Waals surface area contributed by atoms with E-state index in [9.17, 15) is 5.11 Å². The number of H-pyrrole nitrogens is 1. The number of aryl methyl sites for hydroxylation is 3. The minimum absolute atomic E-state index is 0.0777.